The van der Waals surface area contributed by atoms with E-state index in [1.807, 2.05) is 0 Å². The lowest BCUT2D eigenvalue weighted by Crippen LogP contribution is -2.10. The molecule has 0 aromatic carbocycles. The molecule has 11 heavy (non-hydrogen) atoms. The Balaban J connectivity index is 2.28. The van der Waals surface area contributed by atoms with Crippen LogP contribution < -0.4 is 0 Å². The first-order valence-electron chi connectivity index (χ1n) is 4.99. The summed E-state index contributed by atoms with van der Waals surface area (Å²) in [6.07, 6.45) is 11.7. The monoisotopic (exact) mass is 152 g/mol. The lowest BCUT2D eigenvalue weighted by Gasteiger charge is -2.23. The van der Waals surface area contributed by atoms with Crippen molar-refractivity contribution in [3.05, 3.63) is 12.2 Å². The van der Waals surface area contributed by atoms with Gasteiger partial charge in [-0.25, -0.2) is 0 Å². The highest BCUT2D eigenvalue weighted by Crippen LogP contribution is 2.29. The van der Waals surface area contributed by atoms with Gasteiger partial charge in [-0.15, -0.1) is 0 Å². The van der Waals surface area contributed by atoms with Crippen LogP contribution in [0.2, 0.25) is 0 Å². The van der Waals surface area contributed by atoms with Gasteiger partial charge in [0.2, 0.25) is 0 Å². The molecule has 1 saturated carbocycles. The van der Waals surface area contributed by atoms with E-state index < -0.39 is 0 Å². The lowest BCUT2D eigenvalue weighted by molar-refractivity contribution is 0.325. The predicted molar refractivity (Wildman–Crippen MR) is 50.6 cm³/mol. The zero-order chi connectivity index (χ0) is 8.10. The Labute approximate surface area is 70.7 Å². The largest absolute Gasteiger partial charge is 0.0885 e. The third kappa shape index (κ3) is 3.09. The summed E-state index contributed by atoms with van der Waals surface area (Å²) in [5, 5.41) is 0. The molecule has 1 fully saturated rings. The number of hydrogen-bond donors (Lipinski definition) is 0. The second-order valence-electron chi connectivity index (χ2n) is 3.87. The number of allylic oxidation sites excluding steroid dienone is 2. The van der Waals surface area contributed by atoms with Gasteiger partial charge in [-0.3, -0.25) is 0 Å². The molecular formula is C11H20. The summed E-state index contributed by atoms with van der Waals surface area (Å²) in [4.78, 5) is 0. The van der Waals surface area contributed by atoms with Crippen molar-refractivity contribution in [1.29, 1.82) is 0 Å². The van der Waals surface area contributed by atoms with Crippen molar-refractivity contribution in [3.8, 4) is 0 Å². The molecule has 0 aromatic rings. The van der Waals surface area contributed by atoms with Gasteiger partial charge in [0.15, 0.2) is 0 Å². The molecule has 64 valence electrons. The van der Waals surface area contributed by atoms with Crippen molar-refractivity contribution in [2.45, 2.75) is 46.0 Å². The minimum absolute atomic E-state index is 0.902. The van der Waals surface area contributed by atoms with Gasteiger partial charge in [0.25, 0.3) is 0 Å². The Kier molecular flexibility index (Phi) is 3.68. The SMILES string of the molecule is CC/C=C\C1CCCC(C)C1. The van der Waals surface area contributed by atoms with Crippen molar-refractivity contribution in [2.24, 2.45) is 11.8 Å². The number of hydrogen-bond acceptors (Lipinski definition) is 0. The summed E-state index contributed by atoms with van der Waals surface area (Å²) < 4.78 is 0. The van der Waals surface area contributed by atoms with Crippen molar-refractivity contribution in [2.75, 3.05) is 0 Å². The molecule has 0 heteroatoms. The Morgan fingerprint density at radius 2 is 2.18 bits per heavy atom. The van der Waals surface area contributed by atoms with Gasteiger partial charge in [0, 0.05) is 0 Å². The molecule has 0 amide bonds. The quantitative estimate of drug-likeness (QED) is 0.528. The van der Waals surface area contributed by atoms with Gasteiger partial charge < -0.3 is 0 Å². The Hall–Kier alpha value is -0.260. The summed E-state index contributed by atoms with van der Waals surface area (Å²) in [7, 11) is 0. The molecule has 0 spiro atoms. The summed E-state index contributed by atoms with van der Waals surface area (Å²) in [6.45, 7) is 4.59. The highest BCUT2D eigenvalue weighted by Gasteiger charge is 2.15. The van der Waals surface area contributed by atoms with Crippen LogP contribution in [0, 0.1) is 11.8 Å². The van der Waals surface area contributed by atoms with E-state index in [2.05, 4.69) is 26.0 Å². The van der Waals surface area contributed by atoms with E-state index in [1.165, 1.54) is 32.1 Å². The molecule has 0 bridgehead atoms. The highest BCUT2D eigenvalue weighted by molar-refractivity contribution is 4.90. The fourth-order valence-electron chi connectivity index (χ4n) is 1.98. The topological polar surface area (TPSA) is 0 Å². The fraction of sp³-hybridized carbons (Fsp3) is 0.818. The van der Waals surface area contributed by atoms with E-state index in [0.29, 0.717) is 0 Å². The molecule has 1 aliphatic carbocycles. The van der Waals surface area contributed by atoms with Crippen LogP contribution >= 0.6 is 0 Å². The second-order valence-corrected chi connectivity index (χ2v) is 3.87. The summed E-state index contributed by atoms with van der Waals surface area (Å²) >= 11 is 0. The maximum Gasteiger partial charge on any atom is -0.0231 e. The summed E-state index contributed by atoms with van der Waals surface area (Å²) in [5.41, 5.74) is 0. The Morgan fingerprint density at radius 1 is 1.36 bits per heavy atom. The van der Waals surface area contributed by atoms with Gasteiger partial charge in [-0.2, -0.15) is 0 Å². The Bertz CT molecular complexity index is 124. The van der Waals surface area contributed by atoms with E-state index in [9.17, 15) is 0 Å². The maximum absolute atomic E-state index is 2.43. The highest BCUT2D eigenvalue weighted by atomic mass is 14.2. The first-order chi connectivity index (χ1) is 5.33. The zero-order valence-corrected chi connectivity index (χ0v) is 7.84. The molecule has 0 saturated heterocycles. The second kappa shape index (κ2) is 4.58. The van der Waals surface area contributed by atoms with Crippen molar-refractivity contribution in [1.82, 2.24) is 0 Å². The van der Waals surface area contributed by atoms with Gasteiger partial charge in [0.05, 0.1) is 0 Å². The normalized spacial score (nSPS) is 32.9. The van der Waals surface area contributed by atoms with E-state index in [1.54, 1.807) is 0 Å². The van der Waals surface area contributed by atoms with Crippen molar-refractivity contribution < 1.29 is 0 Å². The van der Waals surface area contributed by atoms with Crippen LogP contribution in [0.25, 0.3) is 0 Å². The van der Waals surface area contributed by atoms with Crippen LogP contribution in [0.4, 0.5) is 0 Å². The average molecular weight is 152 g/mol. The molecule has 0 aliphatic heterocycles. The summed E-state index contributed by atoms with van der Waals surface area (Å²) in [5.74, 6) is 1.87. The molecule has 1 aliphatic rings. The minimum atomic E-state index is 0.902. The molecule has 1 rings (SSSR count). The lowest BCUT2D eigenvalue weighted by atomic mass is 9.82. The third-order valence-corrected chi connectivity index (χ3v) is 2.62. The molecule has 2 atom stereocenters. The van der Waals surface area contributed by atoms with E-state index in [0.717, 1.165) is 11.8 Å². The minimum Gasteiger partial charge on any atom is -0.0885 e. The van der Waals surface area contributed by atoms with E-state index >= 15 is 0 Å². The van der Waals surface area contributed by atoms with E-state index in [-0.39, 0.29) is 0 Å². The van der Waals surface area contributed by atoms with Crippen LogP contribution in [0.5, 0.6) is 0 Å². The van der Waals surface area contributed by atoms with Crippen LogP contribution in [0.3, 0.4) is 0 Å². The van der Waals surface area contributed by atoms with E-state index in [4.69, 9.17) is 0 Å². The Morgan fingerprint density at radius 3 is 2.82 bits per heavy atom. The average Bonchev–Trinajstić information content (AvgIpc) is 2.01. The van der Waals surface area contributed by atoms with Crippen molar-refractivity contribution >= 4 is 0 Å². The first kappa shape index (κ1) is 8.83. The summed E-state index contributed by atoms with van der Waals surface area (Å²) in [6, 6.07) is 0. The molecule has 0 heterocycles. The van der Waals surface area contributed by atoms with Crippen LogP contribution in [-0.4, -0.2) is 0 Å². The molecule has 2 unspecified atom stereocenters. The predicted octanol–water partition coefficient (Wildman–Crippen LogP) is 3.78. The van der Waals surface area contributed by atoms with Crippen LogP contribution in [0.15, 0.2) is 12.2 Å². The standard InChI is InChI=1S/C11H20/c1-3-4-7-11-8-5-6-10(2)9-11/h4,7,10-11H,3,5-6,8-9H2,1-2H3/b7-4-. The maximum atomic E-state index is 2.43. The molecular weight excluding hydrogens is 132 g/mol. The third-order valence-electron chi connectivity index (χ3n) is 2.62. The van der Waals surface area contributed by atoms with Crippen molar-refractivity contribution in [3.63, 3.8) is 0 Å². The molecule has 0 N–H and O–H groups in total. The zero-order valence-electron chi connectivity index (χ0n) is 7.84. The first-order valence-corrected chi connectivity index (χ1v) is 4.99. The van der Waals surface area contributed by atoms with Gasteiger partial charge in [0.1, 0.15) is 0 Å². The smallest absolute Gasteiger partial charge is 0.0231 e. The molecule has 0 aromatic heterocycles. The molecule has 0 nitrogen and oxygen atoms in total. The van der Waals surface area contributed by atoms with Gasteiger partial charge in [-0.05, 0) is 31.1 Å². The van der Waals surface area contributed by atoms with Crippen LogP contribution in [0.1, 0.15) is 46.0 Å². The van der Waals surface area contributed by atoms with Gasteiger partial charge >= 0.3 is 0 Å². The fourth-order valence-corrected chi connectivity index (χ4v) is 1.98. The van der Waals surface area contributed by atoms with Gasteiger partial charge in [-0.1, -0.05) is 38.8 Å². The number of rotatable bonds is 2. The molecule has 0 radical (unpaired) electrons. The van der Waals surface area contributed by atoms with Crippen LogP contribution in [-0.2, 0) is 0 Å².